The van der Waals surface area contributed by atoms with Crippen LogP contribution in [0.1, 0.15) is 6.92 Å². The number of esters is 1. The predicted molar refractivity (Wildman–Crippen MR) is 97.0 cm³/mol. The lowest BCUT2D eigenvalue weighted by molar-refractivity contribution is -0.140. The number of benzene rings is 2. The first-order valence-electron chi connectivity index (χ1n) is 7.97. The molecule has 0 saturated heterocycles. The van der Waals surface area contributed by atoms with Gasteiger partial charge in [0.05, 0.1) is 13.2 Å². The van der Waals surface area contributed by atoms with Gasteiger partial charge in [-0.05, 0) is 18.6 Å². The summed E-state index contributed by atoms with van der Waals surface area (Å²) in [7, 11) is 0. The van der Waals surface area contributed by atoms with Gasteiger partial charge >= 0.3 is 5.97 Å². The predicted octanol–water partition coefficient (Wildman–Crippen LogP) is 3.90. The van der Waals surface area contributed by atoms with Crippen molar-refractivity contribution in [1.29, 1.82) is 0 Å². The van der Waals surface area contributed by atoms with E-state index in [-0.39, 0.29) is 12.6 Å². The minimum Gasteiger partial charge on any atom is -0.460 e. The molecule has 0 amide bonds. The summed E-state index contributed by atoms with van der Waals surface area (Å²) < 4.78 is 10.4. The number of carbonyl (C=O) groups excluding carboxylic acids is 1. The van der Waals surface area contributed by atoms with Crippen LogP contribution < -0.4 is 5.32 Å². The summed E-state index contributed by atoms with van der Waals surface area (Å²) in [5.74, 6) is -0.381. The van der Waals surface area contributed by atoms with Gasteiger partial charge in [-0.3, -0.25) is 0 Å². The van der Waals surface area contributed by atoms with E-state index < -0.39 is 0 Å². The normalized spacial score (nSPS) is 10.2. The Bertz CT molecular complexity index is 668. The SMILES string of the molecule is C=C(C)C(=O)OCCOCCNc1ccccc1-c1ccccc1. The van der Waals surface area contributed by atoms with Crippen LogP contribution in [0.25, 0.3) is 11.1 Å². The van der Waals surface area contributed by atoms with Gasteiger partial charge in [0.1, 0.15) is 6.61 Å². The first-order valence-corrected chi connectivity index (χ1v) is 7.97. The lowest BCUT2D eigenvalue weighted by Gasteiger charge is -2.12. The number of ether oxygens (including phenoxy) is 2. The van der Waals surface area contributed by atoms with Crippen LogP contribution in [-0.2, 0) is 14.3 Å². The molecule has 0 fully saturated rings. The van der Waals surface area contributed by atoms with Crippen molar-refractivity contribution in [1.82, 2.24) is 0 Å². The molecular formula is C20H23NO3. The van der Waals surface area contributed by atoms with E-state index in [0.29, 0.717) is 25.3 Å². The third kappa shape index (κ3) is 5.56. The van der Waals surface area contributed by atoms with Crippen LogP contribution in [0.5, 0.6) is 0 Å². The number of rotatable bonds is 9. The lowest BCUT2D eigenvalue weighted by Crippen LogP contribution is -2.15. The van der Waals surface area contributed by atoms with Crippen LogP contribution in [0.15, 0.2) is 66.7 Å². The highest BCUT2D eigenvalue weighted by molar-refractivity contribution is 5.86. The van der Waals surface area contributed by atoms with Crippen LogP contribution in [0.4, 0.5) is 5.69 Å². The number of nitrogens with one attached hydrogen (secondary N) is 1. The molecule has 4 nitrogen and oxygen atoms in total. The molecule has 0 radical (unpaired) electrons. The minimum absolute atomic E-state index is 0.242. The zero-order chi connectivity index (χ0) is 17.2. The Balaban J connectivity index is 1.74. The molecule has 2 aromatic carbocycles. The van der Waals surface area contributed by atoms with E-state index in [9.17, 15) is 4.79 Å². The summed E-state index contributed by atoms with van der Waals surface area (Å²) in [5.41, 5.74) is 3.80. The molecule has 0 unspecified atom stereocenters. The molecule has 0 aliphatic rings. The molecule has 0 saturated carbocycles. The number of para-hydroxylation sites is 1. The average Bonchev–Trinajstić information content (AvgIpc) is 2.61. The van der Waals surface area contributed by atoms with E-state index in [1.54, 1.807) is 6.92 Å². The Hall–Kier alpha value is -2.59. The van der Waals surface area contributed by atoms with Crippen LogP contribution in [0.2, 0.25) is 0 Å². The van der Waals surface area contributed by atoms with E-state index in [4.69, 9.17) is 9.47 Å². The van der Waals surface area contributed by atoms with Crippen LogP contribution >= 0.6 is 0 Å². The molecule has 4 heteroatoms. The second-order valence-electron chi connectivity index (χ2n) is 5.37. The molecular weight excluding hydrogens is 302 g/mol. The van der Waals surface area contributed by atoms with Crippen LogP contribution in [0, 0.1) is 0 Å². The van der Waals surface area contributed by atoms with Gasteiger partial charge in [-0.2, -0.15) is 0 Å². The molecule has 2 rings (SSSR count). The van der Waals surface area contributed by atoms with Crippen LogP contribution in [-0.4, -0.2) is 32.3 Å². The fraction of sp³-hybridized carbons (Fsp3) is 0.250. The van der Waals surface area contributed by atoms with Gasteiger partial charge in [-0.25, -0.2) is 4.79 Å². The number of hydrogen-bond acceptors (Lipinski definition) is 4. The zero-order valence-electron chi connectivity index (χ0n) is 14.0. The van der Waals surface area contributed by atoms with Gasteiger partial charge in [-0.15, -0.1) is 0 Å². The Morgan fingerprint density at radius 1 is 1.00 bits per heavy atom. The molecule has 0 aromatic heterocycles. The minimum atomic E-state index is -0.381. The van der Waals surface area contributed by atoms with Gasteiger partial charge in [0, 0.05) is 23.4 Å². The molecule has 0 aliphatic heterocycles. The van der Waals surface area contributed by atoms with Crippen molar-refractivity contribution in [3.05, 3.63) is 66.7 Å². The first kappa shape index (κ1) is 17.8. The van der Waals surface area contributed by atoms with Gasteiger partial charge in [0.25, 0.3) is 0 Å². The summed E-state index contributed by atoms with van der Waals surface area (Å²) in [6.45, 7) is 6.98. The first-order chi connectivity index (χ1) is 11.7. The highest BCUT2D eigenvalue weighted by Gasteiger charge is 2.04. The number of hydrogen-bond donors (Lipinski definition) is 1. The number of anilines is 1. The molecule has 0 bridgehead atoms. The molecule has 24 heavy (non-hydrogen) atoms. The van der Waals surface area contributed by atoms with Gasteiger partial charge in [-0.1, -0.05) is 55.1 Å². The van der Waals surface area contributed by atoms with Gasteiger partial charge in [0.2, 0.25) is 0 Å². The average molecular weight is 325 g/mol. The molecule has 1 N–H and O–H groups in total. The lowest BCUT2D eigenvalue weighted by atomic mass is 10.0. The number of carbonyl (C=O) groups is 1. The van der Waals surface area contributed by atoms with Gasteiger partial charge < -0.3 is 14.8 Å². The van der Waals surface area contributed by atoms with Crippen molar-refractivity contribution in [2.45, 2.75) is 6.92 Å². The third-order valence-electron chi connectivity index (χ3n) is 3.38. The molecule has 126 valence electrons. The van der Waals surface area contributed by atoms with Crippen LogP contribution in [0.3, 0.4) is 0 Å². The van der Waals surface area contributed by atoms with Crippen molar-refractivity contribution in [2.75, 3.05) is 31.7 Å². The molecule has 0 aliphatic carbocycles. The Morgan fingerprint density at radius 2 is 1.71 bits per heavy atom. The molecule has 0 atom stereocenters. The third-order valence-corrected chi connectivity index (χ3v) is 3.38. The van der Waals surface area contributed by atoms with Crippen molar-refractivity contribution >= 4 is 11.7 Å². The maximum absolute atomic E-state index is 11.2. The van der Waals surface area contributed by atoms with Crippen molar-refractivity contribution in [3.63, 3.8) is 0 Å². The van der Waals surface area contributed by atoms with Crippen molar-refractivity contribution < 1.29 is 14.3 Å². The monoisotopic (exact) mass is 325 g/mol. The van der Waals surface area contributed by atoms with Crippen molar-refractivity contribution in [2.24, 2.45) is 0 Å². The highest BCUT2D eigenvalue weighted by Crippen LogP contribution is 2.27. The summed E-state index contributed by atoms with van der Waals surface area (Å²) >= 11 is 0. The summed E-state index contributed by atoms with van der Waals surface area (Å²) in [4.78, 5) is 11.2. The fourth-order valence-corrected chi connectivity index (χ4v) is 2.18. The maximum atomic E-state index is 11.2. The van der Waals surface area contributed by atoms with E-state index in [2.05, 4.69) is 36.2 Å². The van der Waals surface area contributed by atoms with E-state index in [1.807, 2.05) is 30.3 Å². The zero-order valence-corrected chi connectivity index (χ0v) is 14.0. The maximum Gasteiger partial charge on any atom is 0.333 e. The quantitative estimate of drug-likeness (QED) is 0.431. The van der Waals surface area contributed by atoms with Gasteiger partial charge in [0.15, 0.2) is 0 Å². The molecule has 2 aromatic rings. The van der Waals surface area contributed by atoms with E-state index in [1.165, 1.54) is 5.56 Å². The summed E-state index contributed by atoms with van der Waals surface area (Å²) in [5, 5.41) is 3.38. The summed E-state index contributed by atoms with van der Waals surface area (Å²) in [6.07, 6.45) is 0. The standard InChI is InChI=1S/C20H23NO3/c1-16(2)20(22)24-15-14-23-13-12-21-19-11-7-6-10-18(19)17-8-4-3-5-9-17/h3-11,21H,1,12-15H2,2H3. The second kappa shape index (κ2) is 9.53. The largest absolute Gasteiger partial charge is 0.460 e. The highest BCUT2D eigenvalue weighted by atomic mass is 16.6. The summed E-state index contributed by atoms with van der Waals surface area (Å²) in [6, 6.07) is 18.4. The smallest absolute Gasteiger partial charge is 0.333 e. The topological polar surface area (TPSA) is 47.6 Å². The molecule has 0 heterocycles. The Morgan fingerprint density at radius 3 is 2.46 bits per heavy atom. The Labute approximate surface area is 143 Å². The Kier molecular flexibility index (Phi) is 7.05. The second-order valence-corrected chi connectivity index (χ2v) is 5.37. The molecule has 0 spiro atoms. The fourth-order valence-electron chi connectivity index (χ4n) is 2.18. The van der Waals surface area contributed by atoms with E-state index in [0.717, 1.165) is 11.3 Å². The van der Waals surface area contributed by atoms with E-state index >= 15 is 0 Å². The van der Waals surface area contributed by atoms with Crippen molar-refractivity contribution in [3.8, 4) is 11.1 Å².